The number of rotatable bonds is 8. The highest BCUT2D eigenvalue weighted by molar-refractivity contribution is 6.12. The molecule has 0 aliphatic carbocycles. The van der Waals surface area contributed by atoms with Crippen molar-refractivity contribution in [2.45, 2.75) is 6.92 Å². The minimum Gasteiger partial charge on any atom is -0.455 e. The van der Waals surface area contributed by atoms with Crippen LogP contribution in [-0.2, 0) is 0 Å². The largest absolute Gasteiger partial charge is 0.455 e. The van der Waals surface area contributed by atoms with Crippen molar-refractivity contribution in [1.29, 1.82) is 0 Å². The summed E-state index contributed by atoms with van der Waals surface area (Å²) in [6.07, 6.45) is 0. The SMILES string of the molecule is Cc1ccc2c(c1)c1ccccc1n2-c1cccc(-c2cc(-c3cccc(-c4cccc(-c5cccc(-c6nc(-c7ccccc7)nc(-c7ccccc7)n6)c5)c4)c3)c3oc4ccccc4c3c2)c1. The van der Waals surface area contributed by atoms with Crippen LogP contribution in [0.5, 0.6) is 0 Å². The van der Waals surface area contributed by atoms with E-state index >= 15 is 0 Å². The minimum atomic E-state index is 0.626. The Balaban J connectivity index is 0.892. The molecular formula is C64H42N4O. The summed E-state index contributed by atoms with van der Waals surface area (Å²) in [7, 11) is 0. The number of fused-ring (bicyclic) bond motifs is 6. The van der Waals surface area contributed by atoms with Crippen LogP contribution in [0.15, 0.2) is 241 Å². The normalized spacial score (nSPS) is 11.6. The van der Waals surface area contributed by atoms with Crippen LogP contribution < -0.4 is 0 Å². The number of hydrogen-bond donors (Lipinski definition) is 0. The summed E-state index contributed by atoms with van der Waals surface area (Å²) in [6, 6.07) is 83.6. The molecule has 69 heavy (non-hydrogen) atoms. The summed E-state index contributed by atoms with van der Waals surface area (Å²) in [6.45, 7) is 2.16. The summed E-state index contributed by atoms with van der Waals surface area (Å²) in [5.74, 6) is 1.90. The van der Waals surface area contributed by atoms with Gasteiger partial charge in [0.1, 0.15) is 11.2 Å². The second kappa shape index (κ2) is 16.6. The zero-order chi connectivity index (χ0) is 45.8. The number of benzene rings is 10. The van der Waals surface area contributed by atoms with E-state index < -0.39 is 0 Å². The van der Waals surface area contributed by atoms with Gasteiger partial charge in [0.05, 0.1) is 11.0 Å². The van der Waals surface area contributed by atoms with Gasteiger partial charge in [0.15, 0.2) is 17.5 Å². The Hall–Kier alpha value is -9.19. The third-order valence-electron chi connectivity index (χ3n) is 13.3. The summed E-state index contributed by atoms with van der Waals surface area (Å²) >= 11 is 0. The van der Waals surface area contributed by atoms with Crippen molar-refractivity contribution in [2.24, 2.45) is 0 Å². The monoisotopic (exact) mass is 882 g/mol. The number of furan rings is 1. The second-order valence-corrected chi connectivity index (χ2v) is 17.7. The fourth-order valence-corrected chi connectivity index (χ4v) is 9.92. The molecule has 5 heteroatoms. The molecule has 5 nitrogen and oxygen atoms in total. The highest BCUT2D eigenvalue weighted by atomic mass is 16.3. The second-order valence-electron chi connectivity index (χ2n) is 17.7. The Morgan fingerprint density at radius 3 is 1.49 bits per heavy atom. The molecule has 10 aromatic carbocycles. The average molecular weight is 883 g/mol. The molecule has 0 N–H and O–H groups in total. The Bertz CT molecular complexity index is 4030. The van der Waals surface area contributed by atoms with E-state index in [2.05, 4.69) is 181 Å². The third kappa shape index (κ3) is 7.25. The summed E-state index contributed by atoms with van der Waals surface area (Å²) < 4.78 is 9.13. The van der Waals surface area contributed by atoms with Crippen molar-refractivity contribution in [3.8, 4) is 84.4 Å². The van der Waals surface area contributed by atoms with Crippen molar-refractivity contribution in [3.63, 3.8) is 0 Å². The van der Waals surface area contributed by atoms with Gasteiger partial charge in [-0.1, -0.05) is 175 Å². The zero-order valence-electron chi connectivity index (χ0n) is 37.7. The van der Waals surface area contributed by atoms with Crippen LogP contribution >= 0.6 is 0 Å². The predicted molar refractivity (Wildman–Crippen MR) is 284 cm³/mol. The van der Waals surface area contributed by atoms with E-state index in [4.69, 9.17) is 19.4 Å². The van der Waals surface area contributed by atoms with Gasteiger partial charge in [0.2, 0.25) is 0 Å². The highest BCUT2D eigenvalue weighted by Gasteiger charge is 2.19. The lowest BCUT2D eigenvalue weighted by atomic mass is 9.93. The van der Waals surface area contributed by atoms with Gasteiger partial charge in [-0.25, -0.2) is 15.0 Å². The van der Waals surface area contributed by atoms with Gasteiger partial charge in [-0.3, -0.25) is 0 Å². The van der Waals surface area contributed by atoms with Gasteiger partial charge in [0, 0.05) is 49.5 Å². The lowest BCUT2D eigenvalue weighted by Crippen LogP contribution is -2.00. The highest BCUT2D eigenvalue weighted by Crippen LogP contribution is 2.42. The fraction of sp³-hybridized carbons (Fsp3) is 0.0156. The molecule has 0 fully saturated rings. The first-order valence-corrected chi connectivity index (χ1v) is 23.3. The quantitative estimate of drug-likeness (QED) is 0.153. The maximum atomic E-state index is 6.73. The topological polar surface area (TPSA) is 56.7 Å². The number of hydrogen-bond acceptors (Lipinski definition) is 4. The molecule has 3 aromatic heterocycles. The number of aryl methyl sites for hydroxylation is 1. The molecule has 0 radical (unpaired) electrons. The van der Waals surface area contributed by atoms with Crippen LogP contribution in [0.3, 0.4) is 0 Å². The first-order valence-electron chi connectivity index (χ1n) is 23.3. The Morgan fingerprint density at radius 2 is 0.812 bits per heavy atom. The lowest BCUT2D eigenvalue weighted by molar-refractivity contribution is 0.670. The van der Waals surface area contributed by atoms with Crippen molar-refractivity contribution in [3.05, 3.63) is 242 Å². The number of aromatic nitrogens is 4. The molecule has 0 aliphatic heterocycles. The standard InChI is InChI=1S/C64H42N4O/c1-41-32-33-59-56(34-41)53-28-8-10-30-58(53)68(59)52-27-15-24-48(38-52)51-39-55(61-57(40-51)54-29-9-11-31-60(54)69-61)49-25-13-22-46(36-49)44-20-12-21-45(35-44)47-23-14-26-50(37-47)64-66-62(42-16-4-2-5-17-42)65-63(67-64)43-18-6-3-7-19-43/h2-40H,1H3. The molecule has 0 unspecified atom stereocenters. The molecule has 0 spiro atoms. The van der Waals surface area contributed by atoms with Gasteiger partial charge >= 0.3 is 0 Å². The van der Waals surface area contributed by atoms with Crippen molar-refractivity contribution >= 4 is 43.7 Å². The zero-order valence-corrected chi connectivity index (χ0v) is 37.7. The molecule has 0 saturated carbocycles. The summed E-state index contributed by atoms with van der Waals surface area (Å²) in [5.41, 5.74) is 18.1. The molecule has 0 bridgehead atoms. The Labute approximate surface area is 399 Å². The maximum Gasteiger partial charge on any atom is 0.164 e. The van der Waals surface area contributed by atoms with Gasteiger partial charge < -0.3 is 8.98 Å². The molecule has 0 amide bonds. The first-order chi connectivity index (χ1) is 34.1. The van der Waals surface area contributed by atoms with Gasteiger partial charge in [0.25, 0.3) is 0 Å². The van der Waals surface area contributed by atoms with Gasteiger partial charge in [-0.05, 0) is 113 Å². The van der Waals surface area contributed by atoms with Crippen molar-refractivity contribution < 1.29 is 4.42 Å². The van der Waals surface area contributed by atoms with Crippen LogP contribution in [0.2, 0.25) is 0 Å². The molecule has 0 saturated heterocycles. The summed E-state index contributed by atoms with van der Waals surface area (Å²) in [4.78, 5) is 14.9. The van der Waals surface area contributed by atoms with Gasteiger partial charge in [-0.15, -0.1) is 0 Å². The number of nitrogens with zero attached hydrogens (tertiary/aromatic N) is 4. The van der Waals surface area contributed by atoms with E-state index in [0.717, 1.165) is 88.8 Å². The van der Waals surface area contributed by atoms with Crippen LogP contribution in [0, 0.1) is 6.92 Å². The molecule has 13 rings (SSSR count). The Kier molecular flexibility index (Phi) is 9.65. The minimum absolute atomic E-state index is 0.626. The van der Waals surface area contributed by atoms with Gasteiger partial charge in [-0.2, -0.15) is 0 Å². The molecule has 13 aromatic rings. The predicted octanol–water partition coefficient (Wildman–Crippen LogP) is 16.8. The first kappa shape index (κ1) is 40.1. The molecular weight excluding hydrogens is 841 g/mol. The van der Waals surface area contributed by atoms with E-state index in [-0.39, 0.29) is 0 Å². The van der Waals surface area contributed by atoms with E-state index in [1.807, 2.05) is 66.7 Å². The van der Waals surface area contributed by atoms with E-state index in [1.54, 1.807) is 0 Å². The summed E-state index contributed by atoms with van der Waals surface area (Å²) in [5, 5.41) is 4.70. The lowest BCUT2D eigenvalue weighted by Gasteiger charge is -2.13. The van der Waals surface area contributed by atoms with Crippen LogP contribution in [-0.4, -0.2) is 19.5 Å². The molecule has 324 valence electrons. The number of para-hydroxylation sites is 2. The smallest absolute Gasteiger partial charge is 0.164 e. The van der Waals surface area contributed by atoms with Crippen molar-refractivity contribution in [2.75, 3.05) is 0 Å². The van der Waals surface area contributed by atoms with E-state index in [0.29, 0.717) is 17.5 Å². The Morgan fingerprint density at radius 1 is 0.319 bits per heavy atom. The van der Waals surface area contributed by atoms with Crippen LogP contribution in [0.1, 0.15) is 5.56 Å². The van der Waals surface area contributed by atoms with Crippen LogP contribution in [0.25, 0.3) is 128 Å². The average Bonchev–Trinajstić information content (AvgIpc) is 3.96. The van der Waals surface area contributed by atoms with E-state index in [1.165, 1.54) is 27.4 Å². The molecule has 0 atom stereocenters. The maximum absolute atomic E-state index is 6.73. The third-order valence-corrected chi connectivity index (χ3v) is 13.3. The van der Waals surface area contributed by atoms with Crippen LogP contribution in [0.4, 0.5) is 0 Å². The molecule has 0 aliphatic rings. The fourth-order valence-electron chi connectivity index (χ4n) is 9.92. The van der Waals surface area contributed by atoms with Crippen molar-refractivity contribution in [1.82, 2.24) is 19.5 Å². The van der Waals surface area contributed by atoms with E-state index in [9.17, 15) is 0 Å². The molecule has 3 heterocycles.